The van der Waals surface area contributed by atoms with E-state index in [1.165, 1.54) is 22.3 Å². The quantitative estimate of drug-likeness (QED) is 0.865. The predicted molar refractivity (Wildman–Crippen MR) is 93.0 cm³/mol. The zero-order chi connectivity index (χ0) is 16.1. The summed E-state index contributed by atoms with van der Waals surface area (Å²) in [5, 5.41) is 10.6. The molecule has 2 rings (SSSR count). The van der Waals surface area contributed by atoms with Crippen LogP contribution in [-0.2, 0) is 6.54 Å². The Labute approximate surface area is 134 Å². The topological polar surface area (TPSA) is 23.5 Å². The van der Waals surface area contributed by atoms with Gasteiger partial charge in [-0.1, -0.05) is 48.0 Å². The molecule has 0 saturated heterocycles. The average molecular weight is 297 g/mol. The van der Waals surface area contributed by atoms with Crippen LogP contribution in [-0.4, -0.2) is 23.6 Å². The first-order chi connectivity index (χ1) is 10.5. The van der Waals surface area contributed by atoms with Crippen molar-refractivity contribution in [2.75, 3.05) is 13.6 Å². The van der Waals surface area contributed by atoms with Crippen LogP contribution in [0.3, 0.4) is 0 Å². The number of aliphatic hydroxyl groups excluding tert-OH is 1. The lowest BCUT2D eigenvalue weighted by Crippen LogP contribution is -2.21. The Morgan fingerprint density at radius 2 is 1.59 bits per heavy atom. The molecule has 0 aliphatic carbocycles. The van der Waals surface area contributed by atoms with Crippen LogP contribution in [0.4, 0.5) is 0 Å². The molecule has 0 aliphatic rings. The van der Waals surface area contributed by atoms with E-state index in [0.717, 1.165) is 25.1 Å². The average Bonchev–Trinajstić information content (AvgIpc) is 2.45. The fourth-order valence-electron chi connectivity index (χ4n) is 3.18. The normalized spacial score (nSPS) is 12.6. The van der Waals surface area contributed by atoms with Crippen molar-refractivity contribution in [2.24, 2.45) is 0 Å². The third-order valence-electron chi connectivity index (χ3n) is 4.15. The van der Waals surface area contributed by atoms with E-state index < -0.39 is 0 Å². The molecule has 0 heterocycles. The van der Waals surface area contributed by atoms with Crippen LogP contribution in [0.5, 0.6) is 0 Å². The van der Waals surface area contributed by atoms with Gasteiger partial charge in [-0.2, -0.15) is 0 Å². The zero-order valence-corrected chi connectivity index (χ0v) is 14.1. The molecule has 1 N–H and O–H groups in total. The lowest BCUT2D eigenvalue weighted by molar-refractivity contribution is 0.146. The second kappa shape index (κ2) is 7.57. The van der Waals surface area contributed by atoms with E-state index in [-0.39, 0.29) is 6.10 Å². The fraction of sp³-hybridized carbons (Fsp3) is 0.400. The molecule has 0 saturated carbocycles. The molecular weight excluding hydrogens is 270 g/mol. The highest BCUT2D eigenvalue weighted by Gasteiger charge is 2.14. The summed E-state index contributed by atoms with van der Waals surface area (Å²) in [6.45, 7) is 8.07. The maximum atomic E-state index is 10.6. The Hall–Kier alpha value is -1.64. The summed E-state index contributed by atoms with van der Waals surface area (Å²) in [5.74, 6) is 0. The van der Waals surface area contributed by atoms with Gasteiger partial charge in [-0.05, 0) is 56.5 Å². The Morgan fingerprint density at radius 1 is 1.00 bits per heavy atom. The summed E-state index contributed by atoms with van der Waals surface area (Å²) in [6.07, 6.45) is 0.368. The van der Waals surface area contributed by atoms with Crippen molar-refractivity contribution in [3.63, 3.8) is 0 Å². The van der Waals surface area contributed by atoms with Crippen LogP contribution in [0.2, 0.25) is 0 Å². The Balaban J connectivity index is 1.94. The fourth-order valence-corrected chi connectivity index (χ4v) is 3.18. The highest BCUT2D eigenvalue weighted by atomic mass is 16.3. The monoisotopic (exact) mass is 297 g/mol. The second-order valence-corrected chi connectivity index (χ2v) is 6.34. The van der Waals surface area contributed by atoms with E-state index in [4.69, 9.17) is 0 Å². The van der Waals surface area contributed by atoms with Gasteiger partial charge in [0.1, 0.15) is 0 Å². The lowest BCUT2D eigenvalue weighted by Gasteiger charge is -2.21. The van der Waals surface area contributed by atoms with Crippen LogP contribution in [0.1, 0.15) is 40.3 Å². The van der Waals surface area contributed by atoms with Gasteiger partial charge in [-0.15, -0.1) is 0 Å². The van der Waals surface area contributed by atoms with E-state index in [1.807, 2.05) is 6.07 Å². The molecular formula is C20H27NO. The van der Waals surface area contributed by atoms with Gasteiger partial charge in [0.2, 0.25) is 0 Å². The molecule has 0 radical (unpaired) electrons. The standard InChI is InChI=1S/C20H27NO/c1-15-12-16(2)20(17(3)13-15)19(22)10-11-21(4)14-18-8-6-5-7-9-18/h5-9,12-13,19,22H,10-11,14H2,1-4H3. The van der Waals surface area contributed by atoms with Gasteiger partial charge in [0.25, 0.3) is 0 Å². The minimum atomic E-state index is -0.390. The molecule has 0 bridgehead atoms. The van der Waals surface area contributed by atoms with Crippen molar-refractivity contribution < 1.29 is 5.11 Å². The Morgan fingerprint density at radius 3 is 2.18 bits per heavy atom. The van der Waals surface area contributed by atoms with E-state index in [1.54, 1.807) is 0 Å². The summed E-state index contributed by atoms with van der Waals surface area (Å²) in [6, 6.07) is 14.8. The Kier molecular flexibility index (Phi) is 5.76. The highest BCUT2D eigenvalue weighted by Crippen LogP contribution is 2.26. The number of aliphatic hydroxyl groups is 1. The van der Waals surface area contributed by atoms with Gasteiger partial charge in [0, 0.05) is 13.1 Å². The molecule has 1 unspecified atom stereocenters. The van der Waals surface area contributed by atoms with Crippen LogP contribution >= 0.6 is 0 Å². The minimum Gasteiger partial charge on any atom is -0.388 e. The molecule has 2 heteroatoms. The molecule has 2 nitrogen and oxygen atoms in total. The van der Waals surface area contributed by atoms with Gasteiger partial charge in [-0.3, -0.25) is 0 Å². The maximum absolute atomic E-state index is 10.6. The van der Waals surface area contributed by atoms with Crippen molar-refractivity contribution in [1.82, 2.24) is 4.90 Å². The van der Waals surface area contributed by atoms with E-state index >= 15 is 0 Å². The maximum Gasteiger partial charge on any atom is 0.0807 e. The summed E-state index contributed by atoms with van der Waals surface area (Å²) in [4.78, 5) is 2.26. The first-order valence-corrected chi connectivity index (χ1v) is 7.95. The summed E-state index contributed by atoms with van der Waals surface area (Å²) in [7, 11) is 2.11. The molecule has 2 aromatic carbocycles. The molecule has 2 aromatic rings. The number of rotatable bonds is 6. The largest absolute Gasteiger partial charge is 0.388 e. The van der Waals surface area contributed by atoms with Crippen molar-refractivity contribution in [1.29, 1.82) is 0 Å². The van der Waals surface area contributed by atoms with Crippen molar-refractivity contribution >= 4 is 0 Å². The van der Waals surface area contributed by atoms with Crippen molar-refractivity contribution in [3.8, 4) is 0 Å². The highest BCUT2D eigenvalue weighted by molar-refractivity contribution is 5.38. The Bertz CT molecular complexity index is 583. The molecule has 0 spiro atoms. The van der Waals surface area contributed by atoms with Gasteiger partial charge in [-0.25, -0.2) is 0 Å². The van der Waals surface area contributed by atoms with Gasteiger partial charge in [0.05, 0.1) is 6.10 Å². The van der Waals surface area contributed by atoms with E-state index in [9.17, 15) is 5.11 Å². The molecule has 0 fully saturated rings. The van der Waals surface area contributed by atoms with Gasteiger partial charge < -0.3 is 10.0 Å². The summed E-state index contributed by atoms with van der Waals surface area (Å²) >= 11 is 0. The number of hydrogen-bond donors (Lipinski definition) is 1. The third-order valence-corrected chi connectivity index (χ3v) is 4.15. The molecule has 0 amide bonds. The number of nitrogens with zero attached hydrogens (tertiary/aromatic N) is 1. The molecule has 118 valence electrons. The van der Waals surface area contributed by atoms with Crippen LogP contribution < -0.4 is 0 Å². The molecule has 22 heavy (non-hydrogen) atoms. The number of hydrogen-bond acceptors (Lipinski definition) is 2. The van der Waals surface area contributed by atoms with Crippen molar-refractivity contribution in [3.05, 3.63) is 70.3 Å². The summed E-state index contributed by atoms with van der Waals surface area (Å²) < 4.78 is 0. The van der Waals surface area contributed by atoms with Gasteiger partial charge in [0.15, 0.2) is 0 Å². The molecule has 0 aromatic heterocycles. The second-order valence-electron chi connectivity index (χ2n) is 6.34. The van der Waals surface area contributed by atoms with Crippen LogP contribution in [0, 0.1) is 20.8 Å². The van der Waals surface area contributed by atoms with Crippen LogP contribution in [0.25, 0.3) is 0 Å². The predicted octanol–water partition coefficient (Wildman–Crippen LogP) is 4.17. The number of benzene rings is 2. The third kappa shape index (κ3) is 4.43. The number of aryl methyl sites for hydroxylation is 3. The first-order valence-electron chi connectivity index (χ1n) is 7.95. The lowest BCUT2D eigenvalue weighted by atomic mass is 9.94. The molecule has 1 atom stereocenters. The SMILES string of the molecule is Cc1cc(C)c(C(O)CCN(C)Cc2ccccc2)c(C)c1. The van der Waals surface area contributed by atoms with E-state index in [0.29, 0.717) is 0 Å². The smallest absolute Gasteiger partial charge is 0.0807 e. The minimum absolute atomic E-state index is 0.390. The van der Waals surface area contributed by atoms with Crippen molar-refractivity contribution in [2.45, 2.75) is 39.8 Å². The van der Waals surface area contributed by atoms with E-state index in [2.05, 4.69) is 69.1 Å². The summed E-state index contributed by atoms with van der Waals surface area (Å²) in [5.41, 5.74) is 6.04. The van der Waals surface area contributed by atoms with Gasteiger partial charge >= 0.3 is 0 Å². The molecule has 0 aliphatic heterocycles. The zero-order valence-electron chi connectivity index (χ0n) is 14.1. The van der Waals surface area contributed by atoms with Crippen LogP contribution in [0.15, 0.2) is 42.5 Å². The first kappa shape index (κ1) is 16.7.